The second kappa shape index (κ2) is 5.34. The van der Waals surface area contributed by atoms with Crippen LogP contribution >= 0.6 is 0 Å². The summed E-state index contributed by atoms with van der Waals surface area (Å²) in [7, 11) is 0. The van der Waals surface area contributed by atoms with Gasteiger partial charge in [0.05, 0.1) is 18.5 Å². The van der Waals surface area contributed by atoms with E-state index in [0.717, 1.165) is 5.56 Å². The van der Waals surface area contributed by atoms with Crippen molar-refractivity contribution in [3.63, 3.8) is 0 Å². The van der Waals surface area contributed by atoms with Gasteiger partial charge in [-0.2, -0.15) is 0 Å². The lowest BCUT2D eigenvalue weighted by Crippen LogP contribution is -2.28. The fraction of sp³-hybridized carbons (Fsp3) is 0.455. The maximum absolute atomic E-state index is 11.4. The zero-order valence-corrected chi connectivity index (χ0v) is 9.78. The van der Waals surface area contributed by atoms with Crippen molar-refractivity contribution in [2.75, 3.05) is 17.7 Å². The summed E-state index contributed by atoms with van der Waals surface area (Å²) in [5.74, 6) is 0.325. The van der Waals surface area contributed by atoms with Crippen molar-refractivity contribution < 1.29 is 9.53 Å². The fourth-order valence-corrected chi connectivity index (χ4v) is 1.19. The van der Waals surface area contributed by atoms with E-state index < -0.39 is 6.04 Å². The third kappa shape index (κ3) is 3.12. The lowest BCUT2D eigenvalue weighted by atomic mass is 10.2. The van der Waals surface area contributed by atoms with E-state index in [1.54, 1.807) is 26.1 Å². The minimum atomic E-state index is -0.421. The number of ether oxygens (including phenoxy) is 1. The van der Waals surface area contributed by atoms with Gasteiger partial charge in [-0.3, -0.25) is 0 Å². The highest BCUT2D eigenvalue weighted by molar-refractivity contribution is 5.78. The van der Waals surface area contributed by atoms with Crippen LogP contribution in [0.25, 0.3) is 0 Å². The average molecular weight is 223 g/mol. The molecule has 5 nitrogen and oxygen atoms in total. The van der Waals surface area contributed by atoms with Crippen LogP contribution in [0.4, 0.5) is 11.5 Å². The van der Waals surface area contributed by atoms with Crippen molar-refractivity contribution in [2.24, 2.45) is 0 Å². The van der Waals surface area contributed by atoms with Crippen molar-refractivity contribution in [3.8, 4) is 0 Å². The molecule has 5 heteroatoms. The monoisotopic (exact) mass is 223 g/mol. The van der Waals surface area contributed by atoms with E-state index in [4.69, 9.17) is 10.5 Å². The van der Waals surface area contributed by atoms with Crippen molar-refractivity contribution in [1.29, 1.82) is 0 Å². The Morgan fingerprint density at radius 1 is 1.69 bits per heavy atom. The van der Waals surface area contributed by atoms with Crippen LogP contribution in [0.1, 0.15) is 19.4 Å². The summed E-state index contributed by atoms with van der Waals surface area (Å²) in [4.78, 5) is 15.4. The minimum Gasteiger partial charge on any atom is -0.464 e. The van der Waals surface area contributed by atoms with Gasteiger partial charge in [-0.1, -0.05) is 0 Å². The molecular formula is C11H17N3O2. The molecule has 88 valence electrons. The maximum atomic E-state index is 11.4. The van der Waals surface area contributed by atoms with Crippen LogP contribution in [0.5, 0.6) is 0 Å². The number of esters is 1. The quantitative estimate of drug-likeness (QED) is 0.753. The third-order valence-electron chi connectivity index (χ3n) is 2.16. The van der Waals surface area contributed by atoms with Gasteiger partial charge in [-0.25, -0.2) is 9.78 Å². The molecule has 1 heterocycles. The standard InChI is InChI=1S/C11H17N3O2/c1-4-16-11(15)8(3)14-10-5-7(2)9(12)6-13-10/h5-6,8H,4,12H2,1-3H3,(H,13,14). The highest BCUT2D eigenvalue weighted by atomic mass is 16.5. The molecule has 0 aliphatic heterocycles. The molecule has 16 heavy (non-hydrogen) atoms. The summed E-state index contributed by atoms with van der Waals surface area (Å²) >= 11 is 0. The number of carbonyl (C=O) groups excluding carboxylic acids is 1. The number of hydrogen-bond donors (Lipinski definition) is 2. The lowest BCUT2D eigenvalue weighted by molar-refractivity contribution is -0.143. The van der Waals surface area contributed by atoms with Crippen molar-refractivity contribution in [2.45, 2.75) is 26.8 Å². The Morgan fingerprint density at radius 2 is 2.38 bits per heavy atom. The second-order valence-corrected chi connectivity index (χ2v) is 3.54. The normalized spacial score (nSPS) is 11.9. The maximum Gasteiger partial charge on any atom is 0.328 e. The summed E-state index contributed by atoms with van der Waals surface area (Å²) in [6, 6.07) is 1.38. The number of aromatic nitrogens is 1. The smallest absolute Gasteiger partial charge is 0.328 e. The molecule has 0 radical (unpaired) electrons. The number of carbonyl (C=O) groups is 1. The predicted molar refractivity (Wildman–Crippen MR) is 63.1 cm³/mol. The summed E-state index contributed by atoms with van der Waals surface area (Å²) < 4.78 is 4.88. The molecule has 0 saturated carbocycles. The first-order valence-corrected chi connectivity index (χ1v) is 5.20. The van der Waals surface area contributed by atoms with E-state index in [1.165, 1.54) is 0 Å². The summed E-state index contributed by atoms with van der Waals surface area (Å²) in [5, 5.41) is 2.95. The lowest BCUT2D eigenvalue weighted by Gasteiger charge is -2.13. The number of nitrogens with zero attached hydrogens (tertiary/aromatic N) is 1. The Labute approximate surface area is 95.0 Å². The van der Waals surface area contributed by atoms with Crippen molar-refractivity contribution >= 4 is 17.5 Å². The molecule has 1 unspecified atom stereocenters. The Morgan fingerprint density at radius 3 is 2.94 bits per heavy atom. The van der Waals surface area contributed by atoms with Gasteiger partial charge in [-0.05, 0) is 32.4 Å². The molecule has 0 fully saturated rings. The molecule has 1 rings (SSSR count). The van der Waals surface area contributed by atoms with Gasteiger partial charge in [0.25, 0.3) is 0 Å². The summed E-state index contributed by atoms with van der Waals surface area (Å²) in [5.41, 5.74) is 7.20. The average Bonchev–Trinajstić information content (AvgIpc) is 2.24. The van der Waals surface area contributed by atoms with Gasteiger partial charge in [0.1, 0.15) is 11.9 Å². The van der Waals surface area contributed by atoms with Crippen molar-refractivity contribution in [3.05, 3.63) is 17.8 Å². The van der Waals surface area contributed by atoms with Gasteiger partial charge in [0.2, 0.25) is 0 Å². The number of anilines is 2. The highest BCUT2D eigenvalue weighted by Crippen LogP contribution is 2.13. The minimum absolute atomic E-state index is 0.293. The number of nitrogens with one attached hydrogen (secondary N) is 1. The molecule has 0 spiro atoms. The SMILES string of the molecule is CCOC(=O)C(C)Nc1cc(C)c(N)cn1. The Kier molecular flexibility index (Phi) is 4.10. The van der Waals surface area contributed by atoms with Gasteiger partial charge in [0.15, 0.2) is 0 Å². The van der Waals surface area contributed by atoms with E-state index in [1.807, 2.05) is 6.92 Å². The highest BCUT2D eigenvalue weighted by Gasteiger charge is 2.13. The zero-order chi connectivity index (χ0) is 12.1. The Hall–Kier alpha value is -1.78. The first kappa shape index (κ1) is 12.3. The molecule has 0 aromatic carbocycles. The molecule has 0 aliphatic carbocycles. The number of nitrogens with two attached hydrogens (primary N) is 1. The zero-order valence-electron chi connectivity index (χ0n) is 9.78. The number of hydrogen-bond acceptors (Lipinski definition) is 5. The van der Waals surface area contributed by atoms with Crippen LogP contribution in [0.15, 0.2) is 12.3 Å². The van der Waals surface area contributed by atoms with Crippen LogP contribution < -0.4 is 11.1 Å². The van der Waals surface area contributed by atoms with Gasteiger partial charge in [-0.15, -0.1) is 0 Å². The molecule has 3 N–H and O–H groups in total. The third-order valence-corrected chi connectivity index (χ3v) is 2.16. The number of rotatable bonds is 4. The molecular weight excluding hydrogens is 206 g/mol. The van der Waals surface area contributed by atoms with Gasteiger partial charge in [0, 0.05) is 0 Å². The van der Waals surface area contributed by atoms with E-state index >= 15 is 0 Å². The van der Waals surface area contributed by atoms with E-state index in [9.17, 15) is 4.79 Å². The van der Waals surface area contributed by atoms with Gasteiger partial charge < -0.3 is 15.8 Å². The molecule has 0 bridgehead atoms. The molecule has 1 aromatic rings. The Bertz CT molecular complexity index is 379. The van der Waals surface area contributed by atoms with Crippen LogP contribution in [-0.2, 0) is 9.53 Å². The van der Waals surface area contributed by atoms with Crippen LogP contribution in [0.3, 0.4) is 0 Å². The van der Waals surface area contributed by atoms with Gasteiger partial charge >= 0.3 is 5.97 Å². The molecule has 0 amide bonds. The van der Waals surface area contributed by atoms with Crippen LogP contribution in [0.2, 0.25) is 0 Å². The number of pyridine rings is 1. The summed E-state index contributed by atoms with van der Waals surface area (Å²) in [6.45, 7) is 5.76. The molecule has 0 aliphatic rings. The van der Waals surface area contributed by atoms with Crippen molar-refractivity contribution in [1.82, 2.24) is 4.98 Å². The van der Waals surface area contributed by atoms with Crippen LogP contribution in [-0.4, -0.2) is 23.6 Å². The van der Waals surface area contributed by atoms with E-state index in [0.29, 0.717) is 18.1 Å². The number of nitrogen functional groups attached to an aromatic ring is 1. The first-order chi connectivity index (χ1) is 7.54. The fourth-order valence-electron chi connectivity index (χ4n) is 1.19. The number of aryl methyl sites for hydroxylation is 1. The second-order valence-electron chi connectivity index (χ2n) is 3.54. The van der Waals surface area contributed by atoms with E-state index in [-0.39, 0.29) is 5.97 Å². The molecule has 0 saturated heterocycles. The topological polar surface area (TPSA) is 77.2 Å². The largest absolute Gasteiger partial charge is 0.464 e. The first-order valence-electron chi connectivity index (χ1n) is 5.20. The Balaban J connectivity index is 2.66. The predicted octanol–water partition coefficient (Wildman–Crippen LogP) is 1.34. The molecule has 1 atom stereocenters. The molecule has 1 aromatic heterocycles. The van der Waals surface area contributed by atoms with Crippen LogP contribution in [0, 0.1) is 6.92 Å². The van der Waals surface area contributed by atoms with E-state index in [2.05, 4.69) is 10.3 Å². The summed E-state index contributed by atoms with van der Waals surface area (Å²) in [6.07, 6.45) is 1.57.